The van der Waals surface area contributed by atoms with E-state index in [4.69, 9.17) is 0 Å². The Labute approximate surface area is 203 Å². The molecule has 0 saturated heterocycles. The Hall–Kier alpha value is -1.62. The molecule has 0 fully saturated rings. The van der Waals surface area contributed by atoms with Gasteiger partial charge in [0.05, 0.1) is 0 Å². The molecule has 28 heavy (non-hydrogen) atoms. The molecular weight excluding hydrogens is 467 g/mol. The maximum Gasteiger partial charge on any atom is 3.00 e. The SMILES string of the molecule is [CH2-]c1ccccn1.[CH2-]c1ccccn1.[Cl-].[Cl-].[Cr+3].[Cr+3].c1cc[cH-]c1.c1cc[cH-]c1. The Balaban J connectivity index is -0.000000132. The predicted molar refractivity (Wildman–Crippen MR) is 101 cm³/mol. The summed E-state index contributed by atoms with van der Waals surface area (Å²) in [5.74, 6) is 0. The summed E-state index contributed by atoms with van der Waals surface area (Å²) >= 11 is 0. The van der Waals surface area contributed by atoms with Crippen molar-refractivity contribution >= 4 is 0 Å². The number of hydrogen-bond donors (Lipinski definition) is 0. The van der Waals surface area contributed by atoms with Crippen molar-refractivity contribution in [3.8, 4) is 0 Å². The third kappa shape index (κ3) is 22.4. The molecule has 4 aromatic rings. The van der Waals surface area contributed by atoms with E-state index in [1.807, 2.05) is 97.1 Å². The summed E-state index contributed by atoms with van der Waals surface area (Å²) < 4.78 is 0. The Kier molecular flexibility index (Phi) is 30.8. The number of rotatable bonds is 0. The zero-order chi connectivity index (χ0) is 17.3. The second-order valence-electron chi connectivity index (χ2n) is 4.57. The van der Waals surface area contributed by atoms with Crippen molar-refractivity contribution in [3.05, 3.63) is 135 Å². The van der Waals surface area contributed by atoms with Crippen LogP contribution < -0.4 is 24.8 Å². The minimum atomic E-state index is 0. The third-order valence-corrected chi connectivity index (χ3v) is 2.56. The van der Waals surface area contributed by atoms with Crippen molar-refractivity contribution in [2.24, 2.45) is 0 Å². The van der Waals surface area contributed by atoms with Gasteiger partial charge in [0.15, 0.2) is 0 Å². The fourth-order valence-corrected chi connectivity index (χ4v) is 1.44. The number of nitrogens with zero attached hydrogens (tertiary/aromatic N) is 2. The summed E-state index contributed by atoms with van der Waals surface area (Å²) in [6, 6.07) is 31.3. The first-order valence-electron chi connectivity index (χ1n) is 7.58. The van der Waals surface area contributed by atoms with E-state index in [0.29, 0.717) is 0 Å². The van der Waals surface area contributed by atoms with Gasteiger partial charge in [0, 0.05) is 12.4 Å². The summed E-state index contributed by atoms with van der Waals surface area (Å²) in [5, 5.41) is 0. The van der Waals surface area contributed by atoms with E-state index in [1.165, 1.54) is 0 Å². The topological polar surface area (TPSA) is 25.8 Å². The molecule has 0 unspecified atom stereocenters. The number of aromatic nitrogens is 2. The van der Waals surface area contributed by atoms with Gasteiger partial charge in [-0.2, -0.15) is 48.5 Å². The molecule has 2 radical (unpaired) electrons. The summed E-state index contributed by atoms with van der Waals surface area (Å²) in [7, 11) is 0. The molecule has 0 aliphatic rings. The summed E-state index contributed by atoms with van der Waals surface area (Å²) in [4.78, 5) is 7.74. The van der Waals surface area contributed by atoms with Crippen LogP contribution in [0.3, 0.4) is 0 Å². The summed E-state index contributed by atoms with van der Waals surface area (Å²) in [5.41, 5.74) is 1.64. The maximum atomic E-state index is 3.87. The van der Waals surface area contributed by atoms with Crippen LogP contribution in [0.25, 0.3) is 0 Å². The van der Waals surface area contributed by atoms with Crippen molar-refractivity contribution < 1.29 is 59.5 Å². The quantitative estimate of drug-likeness (QED) is 0.307. The first-order valence-corrected chi connectivity index (χ1v) is 7.58. The van der Waals surface area contributed by atoms with Gasteiger partial charge in [-0.15, -0.1) is 23.5 Å². The zero-order valence-corrected chi connectivity index (χ0v) is 19.3. The van der Waals surface area contributed by atoms with E-state index in [-0.39, 0.29) is 59.5 Å². The molecule has 2 aromatic carbocycles. The van der Waals surface area contributed by atoms with Gasteiger partial charge in [-0.05, 0) is 0 Å². The molecule has 2 heterocycles. The van der Waals surface area contributed by atoms with E-state index in [1.54, 1.807) is 12.4 Å². The van der Waals surface area contributed by atoms with E-state index in [2.05, 4.69) is 23.8 Å². The van der Waals surface area contributed by atoms with E-state index >= 15 is 0 Å². The minimum absolute atomic E-state index is 0. The van der Waals surface area contributed by atoms with Crippen LogP contribution in [0.5, 0.6) is 0 Å². The van der Waals surface area contributed by atoms with Crippen molar-refractivity contribution in [1.82, 2.24) is 9.97 Å². The van der Waals surface area contributed by atoms with Crippen LogP contribution in [-0.2, 0) is 34.7 Å². The fraction of sp³-hybridized carbons (Fsp3) is 0. The molecule has 0 N–H and O–H groups in total. The van der Waals surface area contributed by atoms with Gasteiger partial charge in [-0.25, -0.2) is 38.1 Å². The molecule has 0 aliphatic carbocycles. The molecule has 0 amide bonds. The molecule has 6 heteroatoms. The van der Waals surface area contributed by atoms with Gasteiger partial charge in [0.2, 0.25) is 0 Å². The van der Waals surface area contributed by atoms with E-state index < -0.39 is 0 Å². The normalized spacial score (nSPS) is 7.14. The molecule has 146 valence electrons. The summed E-state index contributed by atoms with van der Waals surface area (Å²) in [6.45, 7) is 7.22. The number of halogens is 2. The van der Waals surface area contributed by atoms with Crippen LogP contribution in [0.4, 0.5) is 0 Å². The largest absolute Gasteiger partial charge is 3.00 e. The second-order valence-corrected chi connectivity index (χ2v) is 4.57. The van der Waals surface area contributed by atoms with Crippen molar-refractivity contribution in [2.45, 2.75) is 0 Å². The smallest absolute Gasteiger partial charge is 1.00 e. The van der Waals surface area contributed by atoms with Gasteiger partial charge in [-0.3, -0.25) is 9.97 Å². The number of pyridine rings is 2. The molecule has 4 rings (SSSR count). The minimum Gasteiger partial charge on any atom is -1.00 e. The van der Waals surface area contributed by atoms with Gasteiger partial charge < -0.3 is 24.8 Å². The first kappa shape index (κ1) is 33.9. The summed E-state index contributed by atoms with van der Waals surface area (Å²) in [6.07, 6.45) is 3.45. The van der Waals surface area contributed by atoms with Gasteiger partial charge >= 0.3 is 34.7 Å². The average molecular weight is 489 g/mol. The molecule has 0 atom stereocenters. The molecule has 0 saturated carbocycles. The van der Waals surface area contributed by atoms with Crippen LogP contribution in [0, 0.1) is 13.8 Å². The zero-order valence-electron chi connectivity index (χ0n) is 15.3. The maximum absolute atomic E-state index is 3.87. The Morgan fingerprint density at radius 2 is 0.857 bits per heavy atom. The monoisotopic (exact) mass is 488 g/mol. The van der Waals surface area contributed by atoms with Gasteiger partial charge in [0.25, 0.3) is 0 Å². The first-order chi connectivity index (χ1) is 11.8. The molecular formula is C22H22Cl2Cr2N2. The fourth-order valence-electron chi connectivity index (χ4n) is 1.44. The molecule has 0 spiro atoms. The average Bonchev–Trinajstić information content (AvgIpc) is 3.36. The van der Waals surface area contributed by atoms with Gasteiger partial charge in [-0.1, -0.05) is 12.1 Å². The predicted octanol–water partition coefficient (Wildman–Crippen LogP) is -0.658. The third-order valence-electron chi connectivity index (χ3n) is 2.56. The van der Waals surface area contributed by atoms with Crippen molar-refractivity contribution in [1.29, 1.82) is 0 Å². The molecule has 2 aromatic heterocycles. The van der Waals surface area contributed by atoms with Crippen LogP contribution in [0.1, 0.15) is 11.4 Å². The van der Waals surface area contributed by atoms with Crippen LogP contribution in [0.2, 0.25) is 0 Å². The van der Waals surface area contributed by atoms with E-state index in [9.17, 15) is 0 Å². The Bertz CT molecular complexity index is 592. The Morgan fingerprint density at radius 3 is 0.964 bits per heavy atom. The number of hydrogen-bond acceptors (Lipinski definition) is 2. The molecule has 2 nitrogen and oxygen atoms in total. The van der Waals surface area contributed by atoms with E-state index in [0.717, 1.165) is 11.4 Å². The van der Waals surface area contributed by atoms with Crippen LogP contribution in [-0.4, -0.2) is 9.97 Å². The second kappa shape index (κ2) is 25.4. The van der Waals surface area contributed by atoms with Crippen LogP contribution in [0.15, 0.2) is 109 Å². The standard InChI is InChI=1S/2C6H6N.2C5H5.2ClH.2Cr/c2*1-6-4-2-3-5-7-6;2*1-2-4-5-3-1;;;;/h2*2-5H,1H2;2*1-5H;2*1H;;/q4*-1;;;2*+3/p-2. The molecule has 0 bridgehead atoms. The Morgan fingerprint density at radius 1 is 0.536 bits per heavy atom. The van der Waals surface area contributed by atoms with Crippen molar-refractivity contribution in [3.63, 3.8) is 0 Å². The molecule has 0 aliphatic heterocycles. The van der Waals surface area contributed by atoms with Gasteiger partial charge in [0.1, 0.15) is 0 Å². The van der Waals surface area contributed by atoms with Crippen molar-refractivity contribution in [2.75, 3.05) is 0 Å². The van der Waals surface area contributed by atoms with Crippen LogP contribution >= 0.6 is 0 Å².